The Morgan fingerprint density at radius 1 is 1.04 bits per heavy atom. The molecule has 23 heavy (non-hydrogen) atoms. The topological polar surface area (TPSA) is 106 Å². The van der Waals surface area contributed by atoms with E-state index in [-0.39, 0.29) is 36.5 Å². The molecule has 2 amide bonds. The maximum absolute atomic E-state index is 11.9. The number of nitrogens with zero attached hydrogens (tertiary/aromatic N) is 1. The van der Waals surface area contributed by atoms with Gasteiger partial charge in [0, 0.05) is 13.1 Å². The van der Waals surface area contributed by atoms with Crippen LogP contribution in [-0.4, -0.2) is 73.3 Å². The molecule has 0 saturated carbocycles. The Hall–Kier alpha value is -1.22. The van der Waals surface area contributed by atoms with E-state index in [2.05, 4.69) is 21.4 Å². The van der Waals surface area contributed by atoms with Gasteiger partial charge in [0.2, 0.25) is 5.91 Å². The third kappa shape index (κ3) is 7.74. The number of amides is 2. The average Bonchev–Trinajstić information content (AvgIpc) is 2.56. The fraction of sp³-hybridized carbons (Fsp3) is 0.867. The lowest BCUT2D eigenvalue weighted by Crippen LogP contribution is -2.56. The van der Waals surface area contributed by atoms with E-state index in [1.807, 2.05) is 13.8 Å². The van der Waals surface area contributed by atoms with Crippen molar-refractivity contribution in [2.45, 2.75) is 58.3 Å². The highest BCUT2D eigenvalue weighted by Gasteiger charge is 2.24. The molecule has 4 atom stereocenters. The first-order valence-corrected chi connectivity index (χ1v) is 8.18. The zero-order chi connectivity index (χ0) is 18.0. The molecule has 0 aliphatic carbocycles. The van der Waals surface area contributed by atoms with Crippen molar-refractivity contribution in [3.63, 3.8) is 0 Å². The van der Waals surface area contributed by atoms with Crippen LogP contribution >= 0.6 is 0 Å². The number of hydrogen-bond donors (Lipinski definition) is 5. The predicted octanol–water partition coefficient (Wildman–Crippen LogP) is -1.19. The zero-order valence-electron chi connectivity index (χ0n) is 15.1. The van der Waals surface area contributed by atoms with Gasteiger partial charge >= 0.3 is 0 Å². The first-order valence-electron chi connectivity index (χ1n) is 8.18. The summed E-state index contributed by atoms with van der Waals surface area (Å²) >= 11 is 0. The van der Waals surface area contributed by atoms with Gasteiger partial charge in [0.15, 0.2) is 0 Å². The van der Waals surface area contributed by atoms with E-state index in [1.165, 1.54) is 0 Å². The number of hydrazine groups is 1. The van der Waals surface area contributed by atoms with Gasteiger partial charge in [-0.3, -0.25) is 15.0 Å². The molecule has 0 aliphatic rings. The molecular formula is C15H33N5O3. The number of likely N-dealkylation sites (N-methyl/N-ethyl adjacent to an activating group) is 3. The number of rotatable bonds is 11. The van der Waals surface area contributed by atoms with Crippen LogP contribution < -0.4 is 21.4 Å². The van der Waals surface area contributed by atoms with Crippen molar-refractivity contribution in [2.75, 3.05) is 27.2 Å². The van der Waals surface area contributed by atoms with Crippen molar-refractivity contribution in [3.8, 4) is 0 Å². The van der Waals surface area contributed by atoms with Crippen LogP contribution in [0.5, 0.6) is 0 Å². The Kier molecular flexibility index (Phi) is 10.7. The van der Waals surface area contributed by atoms with Gasteiger partial charge in [0.25, 0.3) is 5.91 Å². The first-order chi connectivity index (χ1) is 10.8. The van der Waals surface area contributed by atoms with E-state index in [0.29, 0.717) is 13.0 Å². The molecule has 136 valence electrons. The van der Waals surface area contributed by atoms with Crippen molar-refractivity contribution < 1.29 is 14.7 Å². The summed E-state index contributed by atoms with van der Waals surface area (Å²) in [5.41, 5.74) is 2.76. The second kappa shape index (κ2) is 11.3. The SMILES string of the molecule is CCC(NC(=O)C(C)NC)C(O)CN(CC)NC(=O)C(C)NC. The smallest absolute Gasteiger partial charge is 0.251 e. The van der Waals surface area contributed by atoms with Gasteiger partial charge in [-0.25, -0.2) is 5.01 Å². The molecule has 0 saturated heterocycles. The number of aliphatic hydroxyl groups is 1. The zero-order valence-corrected chi connectivity index (χ0v) is 15.1. The number of hydrogen-bond acceptors (Lipinski definition) is 6. The minimum absolute atomic E-state index is 0.158. The van der Waals surface area contributed by atoms with Gasteiger partial charge in [-0.2, -0.15) is 0 Å². The summed E-state index contributed by atoms with van der Waals surface area (Å²) in [6, 6.07) is -1.01. The summed E-state index contributed by atoms with van der Waals surface area (Å²) in [5, 5.41) is 20.6. The maximum atomic E-state index is 11.9. The van der Waals surface area contributed by atoms with Crippen LogP contribution in [0.2, 0.25) is 0 Å². The number of aliphatic hydroxyl groups excluding tert-OH is 1. The van der Waals surface area contributed by atoms with Gasteiger partial charge in [0.05, 0.1) is 24.2 Å². The van der Waals surface area contributed by atoms with Gasteiger partial charge < -0.3 is 21.1 Å². The fourth-order valence-electron chi connectivity index (χ4n) is 1.90. The highest BCUT2D eigenvalue weighted by Crippen LogP contribution is 2.02. The molecule has 0 aromatic heterocycles. The van der Waals surface area contributed by atoms with E-state index >= 15 is 0 Å². The Morgan fingerprint density at radius 3 is 2.00 bits per heavy atom. The predicted molar refractivity (Wildman–Crippen MR) is 90.7 cm³/mol. The molecular weight excluding hydrogens is 298 g/mol. The molecule has 0 bridgehead atoms. The molecule has 5 N–H and O–H groups in total. The van der Waals surface area contributed by atoms with Crippen molar-refractivity contribution >= 4 is 11.8 Å². The highest BCUT2D eigenvalue weighted by molar-refractivity contribution is 5.81. The lowest BCUT2D eigenvalue weighted by molar-refractivity contribution is -0.129. The molecule has 0 spiro atoms. The molecule has 0 aromatic rings. The number of carbonyl (C=O) groups excluding carboxylic acids is 2. The summed E-state index contributed by atoms with van der Waals surface area (Å²) in [4.78, 5) is 23.8. The molecule has 8 heteroatoms. The Balaban J connectivity index is 4.61. The van der Waals surface area contributed by atoms with Crippen molar-refractivity contribution in [1.82, 2.24) is 26.4 Å². The van der Waals surface area contributed by atoms with Gasteiger partial charge in [-0.05, 0) is 34.4 Å². The standard InChI is InChI=1S/C15H33N5O3/c1-7-12(18-14(22)10(3)16-5)13(21)9-20(8-2)19-15(23)11(4)17-6/h10-13,16-17,21H,7-9H2,1-6H3,(H,18,22)(H,19,23). The average molecular weight is 331 g/mol. The number of nitrogens with one attached hydrogen (secondary N) is 4. The Bertz CT molecular complexity index is 367. The van der Waals surface area contributed by atoms with Gasteiger partial charge in [-0.1, -0.05) is 13.8 Å². The minimum Gasteiger partial charge on any atom is -0.390 e. The van der Waals surface area contributed by atoms with Crippen LogP contribution in [0.4, 0.5) is 0 Å². The summed E-state index contributed by atoms with van der Waals surface area (Å²) in [5.74, 6) is -0.322. The van der Waals surface area contributed by atoms with Crippen LogP contribution in [0.3, 0.4) is 0 Å². The number of carbonyl (C=O) groups is 2. The van der Waals surface area contributed by atoms with E-state index < -0.39 is 6.10 Å². The Labute approximate surface area is 139 Å². The molecule has 0 aromatic carbocycles. The van der Waals surface area contributed by atoms with Crippen molar-refractivity contribution in [1.29, 1.82) is 0 Å². The fourth-order valence-corrected chi connectivity index (χ4v) is 1.90. The normalized spacial score (nSPS) is 16.5. The lowest BCUT2D eigenvalue weighted by Gasteiger charge is -2.30. The maximum Gasteiger partial charge on any atom is 0.251 e. The van der Waals surface area contributed by atoms with Crippen LogP contribution in [0, 0.1) is 0 Å². The molecule has 0 radical (unpaired) electrons. The van der Waals surface area contributed by atoms with Crippen LogP contribution in [0.25, 0.3) is 0 Å². The molecule has 0 aliphatic heterocycles. The van der Waals surface area contributed by atoms with E-state index in [1.54, 1.807) is 33.0 Å². The van der Waals surface area contributed by atoms with E-state index in [9.17, 15) is 14.7 Å². The molecule has 0 heterocycles. The molecule has 0 rings (SSSR count). The van der Waals surface area contributed by atoms with E-state index in [0.717, 1.165) is 0 Å². The Morgan fingerprint density at radius 2 is 1.57 bits per heavy atom. The van der Waals surface area contributed by atoms with Crippen LogP contribution in [0.15, 0.2) is 0 Å². The highest BCUT2D eigenvalue weighted by atomic mass is 16.3. The van der Waals surface area contributed by atoms with Gasteiger partial charge in [-0.15, -0.1) is 0 Å². The summed E-state index contributed by atoms with van der Waals surface area (Å²) in [7, 11) is 3.42. The third-order valence-corrected chi connectivity index (χ3v) is 3.94. The molecule has 0 fully saturated rings. The molecule has 8 nitrogen and oxygen atoms in total. The van der Waals surface area contributed by atoms with E-state index in [4.69, 9.17) is 0 Å². The monoisotopic (exact) mass is 331 g/mol. The minimum atomic E-state index is -0.779. The summed E-state index contributed by atoms with van der Waals surface area (Å²) in [6.07, 6.45) is -0.181. The second-order valence-electron chi connectivity index (χ2n) is 5.63. The van der Waals surface area contributed by atoms with Crippen molar-refractivity contribution in [3.05, 3.63) is 0 Å². The quantitative estimate of drug-likeness (QED) is 0.305. The van der Waals surface area contributed by atoms with Crippen LogP contribution in [-0.2, 0) is 9.59 Å². The van der Waals surface area contributed by atoms with Crippen LogP contribution in [0.1, 0.15) is 34.1 Å². The van der Waals surface area contributed by atoms with Gasteiger partial charge in [0.1, 0.15) is 0 Å². The molecule has 4 unspecified atom stereocenters. The lowest BCUT2D eigenvalue weighted by atomic mass is 10.1. The second-order valence-corrected chi connectivity index (χ2v) is 5.63. The largest absolute Gasteiger partial charge is 0.390 e. The summed E-state index contributed by atoms with van der Waals surface area (Å²) in [6.45, 7) is 8.09. The summed E-state index contributed by atoms with van der Waals surface area (Å²) < 4.78 is 0. The first kappa shape index (κ1) is 21.8. The third-order valence-electron chi connectivity index (χ3n) is 3.94. The van der Waals surface area contributed by atoms with Crippen molar-refractivity contribution in [2.24, 2.45) is 0 Å².